The first-order valence-electron chi connectivity index (χ1n) is 11.7. The van der Waals surface area contributed by atoms with Crippen molar-refractivity contribution in [2.24, 2.45) is 34.5 Å². The summed E-state index contributed by atoms with van der Waals surface area (Å²) in [5, 5.41) is 0. The summed E-state index contributed by atoms with van der Waals surface area (Å²) < 4.78 is 0. The van der Waals surface area contributed by atoms with Gasteiger partial charge in [-0.25, -0.2) is 0 Å². The molecular formula is C27H36O. The van der Waals surface area contributed by atoms with Gasteiger partial charge in [0, 0.05) is 5.41 Å². The van der Waals surface area contributed by atoms with Gasteiger partial charge in [-0.3, -0.25) is 4.79 Å². The zero-order valence-corrected chi connectivity index (χ0v) is 18.0. The molecule has 0 N–H and O–H groups in total. The third kappa shape index (κ3) is 2.68. The van der Waals surface area contributed by atoms with Crippen molar-refractivity contribution in [3.05, 3.63) is 41.0 Å². The molecule has 1 heteroatoms. The van der Waals surface area contributed by atoms with E-state index in [1.807, 2.05) is 0 Å². The maximum atomic E-state index is 13.5. The van der Waals surface area contributed by atoms with E-state index in [9.17, 15) is 4.79 Å². The minimum Gasteiger partial charge on any atom is -0.294 e. The molecule has 0 spiro atoms. The highest BCUT2D eigenvalue weighted by atomic mass is 16.1. The monoisotopic (exact) mass is 376 g/mol. The van der Waals surface area contributed by atoms with E-state index in [-0.39, 0.29) is 5.41 Å². The lowest BCUT2D eigenvalue weighted by Crippen LogP contribution is -2.52. The minimum atomic E-state index is -0.102. The van der Waals surface area contributed by atoms with Crippen molar-refractivity contribution in [1.29, 1.82) is 0 Å². The molecule has 0 unspecified atom stereocenters. The smallest absolute Gasteiger partial charge is 0.165 e. The SMILES string of the molecule is Cc1ccc(/C=C2\C[C@@H]3[C@H]4CC[C@H]5CCCC[C@]5(C)[C@@H]4CC[C@]3(C)C2=O)cc1. The Bertz CT molecular complexity index is 802. The molecule has 0 saturated heterocycles. The Morgan fingerprint density at radius 2 is 1.71 bits per heavy atom. The van der Waals surface area contributed by atoms with Crippen molar-refractivity contribution < 1.29 is 4.79 Å². The van der Waals surface area contributed by atoms with Gasteiger partial charge in [-0.05, 0) is 98.2 Å². The number of fused-ring (bicyclic) bond motifs is 5. The third-order valence-corrected chi connectivity index (χ3v) is 9.64. The zero-order chi connectivity index (χ0) is 19.5. The molecule has 0 radical (unpaired) electrons. The predicted molar refractivity (Wildman–Crippen MR) is 116 cm³/mol. The second kappa shape index (κ2) is 6.57. The Morgan fingerprint density at radius 3 is 2.50 bits per heavy atom. The fourth-order valence-electron chi connectivity index (χ4n) is 7.96. The van der Waals surface area contributed by atoms with Gasteiger partial charge in [0.1, 0.15) is 0 Å². The number of Topliss-reactive ketones (excluding diaryl/α,β-unsaturated/α-hetero) is 1. The molecule has 1 aromatic rings. The van der Waals surface area contributed by atoms with Crippen molar-refractivity contribution in [2.75, 3.05) is 0 Å². The molecule has 0 bridgehead atoms. The molecule has 4 fully saturated rings. The zero-order valence-electron chi connectivity index (χ0n) is 18.0. The lowest BCUT2D eigenvalue weighted by molar-refractivity contribution is -0.137. The number of hydrogen-bond donors (Lipinski definition) is 0. The van der Waals surface area contributed by atoms with Gasteiger partial charge in [0.15, 0.2) is 5.78 Å². The average Bonchev–Trinajstić information content (AvgIpc) is 2.94. The maximum absolute atomic E-state index is 13.5. The Hall–Kier alpha value is -1.37. The first-order chi connectivity index (χ1) is 13.4. The molecule has 0 amide bonds. The molecule has 150 valence electrons. The summed E-state index contributed by atoms with van der Waals surface area (Å²) >= 11 is 0. The quantitative estimate of drug-likeness (QED) is 0.483. The molecule has 0 aliphatic heterocycles. The van der Waals surface area contributed by atoms with E-state index in [0.29, 0.717) is 17.1 Å². The third-order valence-electron chi connectivity index (χ3n) is 9.64. The van der Waals surface area contributed by atoms with Crippen molar-refractivity contribution in [2.45, 2.75) is 78.6 Å². The number of carbonyl (C=O) groups excluding carboxylic acids is 1. The molecule has 5 rings (SSSR count). The molecular weight excluding hydrogens is 340 g/mol. The second-order valence-electron chi connectivity index (χ2n) is 11.0. The van der Waals surface area contributed by atoms with Gasteiger partial charge in [0.2, 0.25) is 0 Å². The first-order valence-corrected chi connectivity index (χ1v) is 11.7. The molecule has 4 aliphatic rings. The van der Waals surface area contributed by atoms with Crippen LogP contribution in [0.4, 0.5) is 0 Å². The summed E-state index contributed by atoms with van der Waals surface area (Å²) in [5.74, 6) is 3.62. The summed E-state index contributed by atoms with van der Waals surface area (Å²) in [7, 11) is 0. The lowest BCUT2D eigenvalue weighted by Gasteiger charge is -2.59. The molecule has 6 atom stereocenters. The van der Waals surface area contributed by atoms with Crippen LogP contribution in [0.3, 0.4) is 0 Å². The number of aryl methyl sites for hydroxylation is 1. The molecule has 28 heavy (non-hydrogen) atoms. The summed E-state index contributed by atoms with van der Waals surface area (Å²) in [5.41, 5.74) is 4.02. The largest absolute Gasteiger partial charge is 0.294 e. The fourth-order valence-corrected chi connectivity index (χ4v) is 7.96. The van der Waals surface area contributed by atoms with Crippen molar-refractivity contribution in [1.82, 2.24) is 0 Å². The molecule has 0 aromatic heterocycles. The summed E-state index contributed by atoms with van der Waals surface area (Å²) in [4.78, 5) is 13.5. The summed E-state index contributed by atoms with van der Waals surface area (Å²) in [6.45, 7) is 7.05. The lowest BCUT2D eigenvalue weighted by atomic mass is 9.45. The average molecular weight is 377 g/mol. The van der Waals surface area contributed by atoms with Crippen LogP contribution in [-0.4, -0.2) is 5.78 Å². The van der Waals surface area contributed by atoms with E-state index in [1.165, 1.54) is 56.1 Å². The predicted octanol–water partition coefficient (Wildman–Crippen LogP) is 6.99. The van der Waals surface area contributed by atoms with Crippen LogP contribution in [0.5, 0.6) is 0 Å². The number of allylic oxidation sites excluding steroid dienone is 1. The van der Waals surface area contributed by atoms with Crippen LogP contribution >= 0.6 is 0 Å². The highest BCUT2D eigenvalue weighted by Crippen LogP contribution is 2.66. The fraction of sp³-hybridized carbons (Fsp3) is 0.667. The van der Waals surface area contributed by atoms with E-state index in [1.54, 1.807) is 0 Å². The number of benzene rings is 1. The van der Waals surface area contributed by atoms with E-state index in [0.717, 1.165) is 36.2 Å². The summed E-state index contributed by atoms with van der Waals surface area (Å²) in [6, 6.07) is 8.64. The van der Waals surface area contributed by atoms with E-state index >= 15 is 0 Å². The van der Waals surface area contributed by atoms with Crippen LogP contribution in [0.25, 0.3) is 6.08 Å². The number of carbonyl (C=O) groups is 1. The van der Waals surface area contributed by atoms with E-state index in [2.05, 4.69) is 51.1 Å². The van der Waals surface area contributed by atoms with Crippen LogP contribution in [0.15, 0.2) is 29.8 Å². The molecule has 1 aromatic carbocycles. The summed E-state index contributed by atoms with van der Waals surface area (Å²) in [6.07, 6.45) is 14.2. The molecule has 1 nitrogen and oxygen atoms in total. The number of rotatable bonds is 1. The highest BCUT2D eigenvalue weighted by molar-refractivity contribution is 6.05. The van der Waals surface area contributed by atoms with Crippen molar-refractivity contribution >= 4 is 11.9 Å². The van der Waals surface area contributed by atoms with Crippen LogP contribution in [0, 0.1) is 41.4 Å². The van der Waals surface area contributed by atoms with Crippen molar-refractivity contribution in [3.8, 4) is 0 Å². The van der Waals surface area contributed by atoms with Crippen LogP contribution < -0.4 is 0 Å². The number of ketones is 1. The first kappa shape index (κ1) is 18.6. The second-order valence-corrected chi connectivity index (χ2v) is 11.0. The normalized spacial score (nSPS) is 44.1. The van der Waals surface area contributed by atoms with E-state index in [4.69, 9.17) is 0 Å². The van der Waals surface area contributed by atoms with Gasteiger partial charge in [-0.2, -0.15) is 0 Å². The van der Waals surface area contributed by atoms with E-state index < -0.39 is 0 Å². The maximum Gasteiger partial charge on any atom is 0.165 e. The Labute approximate surface area is 171 Å². The number of hydrogen-bond acceptors (Lipinski definition) is 1. The molecule has 0 heterocycles. The molecule has 4 saturated carbocycles. The van der Waals surface area contributed by atoms with Gasteiger partial charge in [0.25, 0.3) is 0 Å². The minimum absolute atomic E-state index is 0.102. The van der Waals surface area contributed by atoms with Crippen LogP contribution in [0.1, 0.15) is 82.8 Å². The Morgan fingerprint density at radius 1 is 0.929 bits per heavy atom. The Balaban J connectivity index is 1.45. The Kier molecular flexibility index (Phi) is 4.38. The highest BCUT2D eigenvalue weighted by Gasteiger charge is 2.60. The topological polar surface area (TPSA) is 17.1 Å². The van der Waals surface area contributed by atoms with Gasteiger partial charge < -0.3 is 0 Å². The van der Waals surface area contributed by atoms with Gasteiger partial charge in [-0.1, -0.05) is 56.5 Å². The van der Waals surface area contributed by atoms with Gasteiger partial charge in [0.05, 0.1) is 0 Å². The van der Waals surface area contributed by atoms with Gasteiger partial charge in [-0.15, -0.1) is 0 Å². The standard InChI is InChI=1S/C27H36O/c1-18-7-9-19(10-8-18)16-20-17-24-22-12-11-21-6-4-5-14-26(21,2)23(22)13-15-27(24,3)25(20)28/h7-10,16,21-24H,4-6,11-15,17H2,1-3H3/b20-16+/t21-,22+,23-,24-,26+,27+/m1/s1. The van der Waals surface area contributed by atoms with Crippen molar-refractivity contribution in [3.63, 3.8) is 0 Å². The molecule has 4 aliphatic carbocycles. The van der Waals surface area contributed by atoms with Crippen LogP contribution in [0.2, 0.25) is 0 Å². The van der Waals surface area contributed by atoms with Crippen LogP contribution in [-0.2, 0) is 4.79 Å². The van der Waals surface area contributed by atoms with Gasteiger partial charge >= 0.3 is 0 Å².